The molecular formula is C15H16BrN3O2S2. The fourth-order valence-corrected chi connectivity index (χ4v) is 3.36. The predicted molar refractivity (Wildman–Crippen MR) is 101 cm³/mol. The molecular weight excluding hydrogens is 398 g/mol. The van der Waals surface area contributed by atoms with Crippen molar-refractivity contribution in [2.24, 2.45) is 0 Å². The van der Waals surface area contributed by atoms with Gasteiger partial charge in [-0.25, -0.2) is 13.1 Å². The van der Waals surface area contributed by atoms with Crippen LogP contribution in [0.5, 0.6) is 0 Å². The van der Waals surface area contributed by atoms with Crippen molar-refractivity contribution in [2.75, 3.05) is 17.2 Å². The van der Waals surface area contributed by atoms with Crippen molar-refractivity contribution in [2.45, 2.75) is 11.8 Å². The summed E-state index contributed by atoms with van der Waals surface area (Å²) in [4.78, 5) is 0.219. The highest BCUT2D eigenvalue weighted by atomic mass is 79.9. The minimum atomic E-state index is -3.44. The van der Waals surface area contributed by atoms with Crippen molar-refractivity contribution in [1.82, 2.24) is 4.72 Å². The van der Waals surface area contributed by atoms with Gasteiger partial charge in [0.05, 0.1) is 4.90 Å². The van der Waals surface area contributed by atoms with E-state index in [0.717, 1.165) is 10.2 Å². The van der Waals surface area contributed by atoms with Crippen LogP contribution in [0.4, 0.5) is 11.4 Å². The van der Waals surface area contributed by atoms with Gasteiger partial charge in [-0.3, -0.25) is 0 Å². The summed E-state index contributed by atoms with van der Waals surface area (Å²) in [6, 6.07) is 14.0. The van der Waals surface area contributed by atoms with Gasteiger partial charge >= 0.3 is 0 Å². The summed E-state index contributed by atoms with van der Waals surface area (Å²) in [6.45, 7) is 2.09. The number of halogens is 1. The van der Waals surface area contributed by atoms with Gasteiger partial charge in [-0.15, -0.1) is 0 Å². The summed E-state index contributed by atoms with van der Waals surface area (Å²) < 4.78 is 27.2. The van der Waals surface area contributed by atoms with E-state index in [2.05, 4.69) is 31.3 Å². The molecule has 2 aromatic rings. The Morgan fingerprint density at radius 3 is 1.96 bits per heavy atom. The van der Waals surface area contributed by atoms with Gasteiger partial charge in [0.1, 0.15) is 0 Å². The fraction of sp³-hybridized carbons (Fsp3) is 0.133. The van der Waals surface area contributed by atoms with Crippen LogP contribution in [0.2, 0.25) is 0 Å². The van der Waals surface area contributed by atoms with Gasteiger partial charge in [-0.1, -0.05) is 22.9 Å². The molecule has 5 nitrogen and oxygen atoms in total. The Hall–Kier alpha value is -1.48. The molecule has 0 aromatic heterocycles. The molecule has 0 amide bonds. The van der Waals surface area contributed by atoms with Crippen LogP contribution >= 0.6 is 28.1 Å². The van der Waals surface area contributed by atoms with Crippen LogP contribution in [-0.2, 0) is 10.0 Å². The maximum Gasteiger partial charge on any atom is 0.240 e. The van der Waals surface area contributed by atoms with E-state index in [1.165, 1.54) is 12.1 Å². The van der Waals surface area contributed by atoms with E-state index in [0.29, 0.717) is 17.3 Å². The summed E-state index contributed by atoms with van der Waals surface area (Å²) in [6.07, 6.45) is 0. The van der Waals surface area contributed by atoms with E-state index in [9.17, 15) is 8.42 Å². The molecule has 122 valence electrons. The maximum atomic E-state index is 11.9. The van der Waals surface area contributed by atoms with Crippen LogP contribution < -0.4 is 15.4 Å². The second kappa shape index (κ2) is 7.87. The minimum Gasteiger partial charge on any atom is -0.332 e. The van der Waals surface area contributed by atoms with E-state index in [1.807, 2.05) is 24.3 Å². The number of thiocarbonyl (C=S) groups is 1. The topological polar surface area (TPSA) is 70.2 Å². The van der Waals surface area contributed by atoms with E-state index < -0.39 is 10.0 Å². The lowest BCUT2D eigenvalue weighted by atomic mass is 10.3. The van der Waals surface area contributed by atoms with E-state index >= 15 is 0 Å². The van der Waals surface area contributed by atoms with Crippen molar-refractivity contribution in [3.63, 3.8) is 0 Å². The fourth-order valence-electron chi connectivity index (χ4n) is 1.82. The Labute approximate surface area is 149 Å². The van der Waals surface area contributed by atoms with Crippen LogP contribution in [0.1, 0.15) is 6.92 Å². The third kappa shape index (κ3) is 5.28. The van der Waals surface area contributed by atoms with Gasteiger partial charge in [0, 0.05) is 22.4 Å². The number of rotatable bonds is 5. The van der Waals surface area contributed by atoms with Gasteiger partial charge in [0.2, 0.25) is 10.0 Å². The molecule has 0 unspecified atom stereocenters. The first-order valence-electron chi connectivity index (χ1n) is 6.84. The molecule has 0 fully saturated rings. The Bertz CT molecular complexity index is 775. The first-order chi connectivity index (χ1) is 10.9. The smallest absolute Gasteiger partial charge is 0.240 e. The molecule has 0 atom stereocenters. The van der Waals surface area contributed by atoms with Crippen LogP contribution in [0, 0.1) is 0 Å². The lowest BCUT2D eigenvalue weighted by Gasteiger charge is -2.11. The summed E-state index contributed by atoms with van der Waals surface area (Å²) in [7, 11) is -3.44. The summed E-state index contributed by atoms with van der Waals surface area (Å²) in [5, 5.41) is 6.49. The number of nitrogens with one attached hydrogen (secondary N) is 3. The van der Waals surface area contributed by atoms with Crippen LogP contribution in [0.25, 0.3) is 0 Å². The largest absolute Gasteiger partial charge is 0.332 e. The molecule has 0 saturated carbocycles. The van der Waals surface area contributed by atoms with Crippen LogP contribution in [0.15, 0.2) is 57.9 Å². The van der Waals surface area contributed by atoms with Gasteiger partial charge in [0.15, 0.2) is 5.11 Å². The highest BCUT2D eigenvalue weighted by Crippen LogP contribution is 2.16. The maximum absolute atomic E-state index is 11.9. The molecule has 0 aliphatic carbocycles. The molecule has 0 saturated heterocycles. The third-order valence-corrected chi connectivity index (χ3v) is 5.15. The van der Waals surface area contributed by atoms with Gasteiger partial charge in [-0.2, -0.15) is 0 Å². The summed E-state index contributed by atoms with van der Waals surface area (Å²) >= 11 is 8.60. The first kappa shape index (κ1) is 17.9. The Morgan fingerprint density at radius 1 is 1.00 bits per heavy atom. The average molecular weight is 414 g/mol. The van der Waals surface area contributed by atoms with Crippen molar-refractivity contribution < 1.29 is 8.42 Å². The monoisotopic (exact) mass is 413 g/mol. The lowest BCUT2D eigenvalue weighted by molar-refractivity contribution is 0.584. The number of benzene rings is 2. The van der Waals surface area contributed by atoms with Crippen molar-refractivity contribution in [3.05, 3.63) is 53.0 Å². The quantitative estimate of drug-likeness (QED) is 0.653. The van der Waals surface area contributed by atoms with E-state index in [4.69, 9.17) is 12.2 Å². The zero-order valence-electron chi connectivity index (χ0n) is 12.3. The second-order valence-corrected chi connectivity index (χ2v) is 7.70. The Balaban J connectivity index is 2.00. The normalized spacial score (nSPS) is 11.0. The highest BCUT2D eigenvalue weighted by molar-refractivity contribution is 9.10. The Kier molecular flexibility index (Phi) is 6.11. The zero-order valence-corrected chi connectivity index (χ0v) is 15.6. The van der Waals surface area contributed by atoms with E-state index in [-0.39, 0.29) is 4.90 Å². The minimum absolute atomic E-state index is 0.219. The number of sulfonamides is 1. The molecule has 0 heterocycles. The molecule has 2 aromatic carbocycles. The molecule has 3 N–H and O–H groups in total. The molecule has 0 spiro atoms. The number of anilines is 2. The zero-order chi connectivity index (χ0) is 16.9. The standard InChI is InChI=1S/C15H16BrN3O2S2/c1-2-17-23(20,21)14-9-7-13(8-10-14)19-15(22)18-12-5-3-11(16)4-6-12/h3-10,17H,2H2,1H3,(H2,18,19,22). The molecule has 0 aliphatic rings. The second-order valence-electron chi connectivity index (χ2n) is 4.61. The van der Waals surface area contributed by atoms with E-state index in [1.54, 1.807) is 19.1 Å². The first-order valence-corrected chi connectivity index (χ1v) is 9.52. The molecule has 8 heteroatoms. The molecule has 2 rings (SSSR count). The van der Waals surface area contributed by atoms with Gasteiger partial charge in [-0.05, 0) is 60.7 Å². The Morgan fingerprint density at radius 2 is 1.48 bits per heavy atom. The summed E-state index contributed by atoms with van der Waals surface area (Å²) in [5.74, 6) is 0. The van der Waals surface area contributed by atoms with Crippen molar-refractivity contribution in [1.29, 1.82) is 0 Å². The number of hydrogen-bond acceptors (Lipinski definition) is 3. The summed E-state index contributed by atoms with van der Waals surface area (Å²) in [5.41, 5.74) is 1.56. The number of hydrogen-bond donors (Lipinski definition) is 3. The lowest BCUT2D eigenvalue weighted by Crippen LogP contribution is -2.23. The predicted octanol–water partition coefficient (Wildman–Crippen LogP) is 3.56. The molecule has 0 radical (unpaired) electrons. The highest BCUT2D eigenvalue weighted by Gasteiger charge is 2.11. The molecule has 0 aliphatic heterocycles. The van der Waals surface area contributed by atoms with Crippen molar-refractivity contribution >= 4 is 54.7 Å². The van der Waals surface area contributed by atoms with Gasteiger partial charge < -0.3 is 10.6 Å². The molecule has 0 bridgehead atoms. The third-order valence-electron chi connectivity index (χ3n) is 2.86. The van der Waals surface area contributed by atoms with Crippen LogP contribution in [-0.4, -0.2) is 20.1 Å². The van der Waals surface area contributed by atoms with Gasteiger partial charge in [0.25, 0.3) is 0 Å². The SMILES string of the molecule is CCNS(=O)(=O)c1ccc(NC(=S)Nc2ccc(Br)cc2)cc1. The average Bonchev–Trinajstić information content (AvgIpc) is 2.50. The molecule has 23 heavy (non-hydrogen) atoms. The van der Waals surface area contributed by atoms with Crippen molar-refractivity contribution in [3.8, 4) is 0 Å². The van der Waals surface area contributed by atoms with Crippen LogP contribution in [0.3, 0.4) is 0 Å².